The van der Waals surface area contributed by atoms with Gasteiger partial charge in [0.25, 0.3) is 14.2 Å². The molecular weight excluding hydrogens is 725 g/mol. The van der Waals surface area contributed by atoms with Crippen molar-refractivity contribution < 1.29 is 40.8 Å². The molecule has 2 fully saturated rings. The molecule has 0 spiro atoms. The molecule has 0 radical (unpaired) electrons. The molecule has 2 saturated heterocycles. The third-order valence-electron chi connectivity index (χ3n) is 9.88. The number of piperazine rings is 1. The number of ether oxygens (including phenoxy) is 3. The number of benzene rings is 3. The Kier molecular flexibility index (Phi) is 11.2. The van der Waals surface area contributed by atoms with Gasteiger partial charge in [-0.2, -0.15) is 8.42 Å². The van der Waals surface area contributed by atoms with E-state index in [1.807, 2.05) is 36.4 Å². The predicted octanol–water partition coefficient (Wildman–Crippen LogP) is 6.26. The van der Waals surface area contributed by atoms with E-state index >= 15 is 0 Å². The van der Waals surface area contributed by atoms with Crippen molar-refractivity contribution in [2.75, 3.05) is 27.1 Å². The maximum Gasteiger partial charge on any atom is 0.411 e. The first-order chi connectivity index (χ1) is 25.2. The molecule has 13 heteroatoms. The van der Waals surface area contributed by atoms with E-state index in [1.165, 1.54) is 24.0 Å². The molecule has 2 aliphatic heterocycles. The van der Waals surface area contributed by atoms with Crippen molar-refractivity contribution in [1.82, 2.24) is 9.80 Å². The van der Waals surface area contributed by atoms with Gasteiger partial charge in [-0.1, -0.05) is 94.6 Å². The maximum absolute atomic E-state index is 15.0. The zero-order valence-corrected chi connectivity index (χ0v) is 34.7. The minimum atomic E-state index is -4.13. The quantitative estimate of drug-likeness (QED) is 0.126. The molecule has 2 aliphatic rings. The molecule has 0 N–H and O–H groups in total. The van der Waals surface area contributed by atoms with Crippen LogP contribution >= 0.6 is 0 Å². The summed E-state index contributed by atoms with van der Waals surface area (Å²) in [5.41, 5.74) is 0.790. The van der Waals surface area contributed by atoms with Crippen LogP contribution in [0.25, 0.3) is 0 Å². The van der Waals surface area contributed by atoms with Gasteiger partial charge in [-0.05, 0) is 54.7 Å². The van der Waals surface area contributed by atoms with E-state index in [4.69, 9.17) is 22.8 Å². The minimum Gasteiger partial charge on any atom is -0.496 e. The predicted molar refractivity (Wildman–Crippen MR) is 211 cm³/mol. The summed E-state index contributed by atoms with van der Waals surface area (Å²) in [4.78, 5) is 31.5. The highest BCUT2D eigenvalue weighted by Crippen LogP contribution is 2.50. The van der Waals surface area contributed by atoms with Crippen molar-refractivity contribution >= 4 is 40.8 Å². The number of amides is 2. The molecule has 2 heterocycles. The van der Waals surface area contributed by atoms with Crippen LogP contribution in [0, 0.1) is 6.92 Å². The number of hydrogen-bond acceptors (Lipinski definition) is 9. The van der Waals surface area contributed by atoms with Crippen LogP contribution in [0.4, 0.5) is 4.79 Å². The maximum atomic E-state index is 15.0. The summed E-state index contributed by atoms with van der Waals surface area (Å²) < 4.78 is 56.3. The van der Waals surface area contributed by atoms with Gasteiger partial charge in [0.2, 0.25) is 0 Å². The number of fused-ring (bicyclic) bond motifs is 2. The standard InChI is InChI=1S/C41H52N2O9SSi/c1-26-23-32-38(44)42(28(3)35(26)43(32)39(45)51-40(4,5)6)33(31-24-34(48-10)27(2)36(49-11)37(31)52-53(12,46)47)25-50-54(41(7,8)9,29-19-15-13-16-20-29)30-21-17-14-18-22-30/h13-22,24,32-33,35H,1,3,23,25H2,2,4-12H3/t32-,33-,35+/m0/s1. The number of carbonyl (C=O) groups is 2. The Morgan fingerprint density at radius 1 is 0.926 bits per heavy atom. The SMILES string of the molecule is C=C1C[C@H]2C(=O)N([C@@H](CO[Si](c3ccccc3)(c3ccccc3)C(C)(C)C)c3cc(OC)c(C)c(OC)c3OS(C)(=O)=O)C(=C)[C@@H]1N2C(=O)OC(C)(C)C. The summed E-state index contributed by atoms with van der Waals surface area (Å²) in [6, 6.07) is 18.9. The van der Waals surface area contributed by atoms with E-state index in [9.17, 15) is 18.0 Å². The van der Waals surface area contributed by atoms with Crippen LogP contribution in [0.3, 0.4) is 0 Å². The first-order valence-electron chi connectivity index (χ1n) is 17.8. The van der Waals surface area contributed by atoms with Gasteiger partial charge in [-0.15, -0.1) is 0 Å². The third kappa shape index (κ3) is 7.53. The van der Waals surface area contributed by atoms with Crippen LogP contribution in [-0.4, -0.2) is 83.3 Å². The fourth-order valence-electron chi connectivity index (χ4n) is 7.71. The van der Waals surface area contributed by atoms with Gasteiger partial charge in [0.05, 0.1) is 39.2 Å². The van der Waals surface area contributed by atoms with Crippen LogP contribution < -0.4 is 24.0 Å². The number of hydrogen-bond donors (Lipinski definition) is 0. The van der Waals surface area contributed by atoms with Crippen molar-refractivity contribution in [2.45, 2.75) is 83.7 Å². The lowest BCUT2D eigenvalue weighted by Gasteiger charge is -2.47. The molecule has 2 bridgehead atoms. The fourth-order valence-corrected chi connectivity index (χ4v) is 12.8. The lowest BCUT2D eigenvalue weighted by molar-refractivity contribution is -0.141. The summed E-state index contributed by atoms with van der Waals surface area (Å²) in [6.45, 7) is 21.9. The van der Waals surface area contributed by atoms with Gasteiger partial charge < -0.3 is 27.7 Å². The monoisotopic (exact) mass is 776 g/mol. The molecule has 0 aromatic heterocycles. The molecule has 290 valence electrons. The number of methoxy groups -OCH3 is 2. The summed E-state index contributed by atoms with van der Waals surface area (Å²) in [7, 11) is -4.49. The van der Waals surface area contributed by atoms with Gasteiger partial charge in [0.1, 0.15) is 17.4 Å². The largest absolute Gasteiger partial charge is 0.496 e. The van der Waals surface area contributed by atoms with Crippen molar-refractivity contribution in [3.63, 3.8) is 0 Å². The average molecular weight is 777 g/mol. The molecule has 0 saturated carbocycles. The van der Waals surface area contributed by atoms with Crippen LogP contribution in [0.1, 0.15) is 65.1 Å². The highest BCUT2D eigenvalue weighted by Gasteiger charge is 2.56. The van der Waals surface area contributed by atoms with Crippen molar-refractivity contribution in [2.24, 2.45) is 0 Å². The molecule has 0 aliphatic carbocycles. The molecule has 5 rings (SSSR count). The Hall–Kier alpha value is -4.59. The zero-order valence-electron chi connectivity index (χ0n) is 32.9. The van der Waals surface area contributed by atoms with Gasteiger partial charge >= 0.3 is 16.2 Å². The molecular formula is C41H52N2O9SSi. The van der Waals surface area contributed by atoms with Gasteiger partial charge in [0.15, 0.2) is 11.5 Å². The number of likely N-dealkylation sites (tertiary alicyclic amines) is 1. The summed E-state index contributed by atoms with van der Waals surface area (Å²) in [6.07, 6.45) is 0.468. The molecule has 3 atom stereocenters. The highest BCUT2D eigenvalue weighted by atomic mass is 32.2. The smallest absolute Gasteiger partial charge is 0.411 e. The molecule has 3 aromatic rings. The van der Waals surface area contributed by atoms with Crippen LogP contribution in [0.2, 0.25) is 5.04 Å². The van der Waals surface area contributed by atoms with E-state index in [0.717, 1.165) is 16.6 Å². The third-order valence-corrected chi connectivity index (χ3v) is 15.4. The zero-order chi connectivity index (χ0) is 40.0. The Morgan fingerprint density at radius 3 is 1.94 bits per heavy atom. The number of carbonyl (C=O) groups excluding carboxylic acids is 2. The van der Waals surface area contributed by atoms with Crippen molar-refractivity contribution in [3.05, 3.63) is 102 Å². The normalized spacial score (nSPS) is 18.4. The van der Waals surface area contributed by atoms with E-state index in [2.05, 4.69) is 58.2 Å². The first-order valence-corrected chi connectivity index (χ1v) is 21.5. The minimum absolute atomic E-state index is 0.114. The topological polar surface area (TPSA) is 121 Å². The Labute approximate surface area is 320 Å². The Morgan fingerprint density at radius 2 is 1.48 bits per heavy atom. The van der Waals surface area contributed by atoms with Crippen molar-refractivity contribution in [1.29, 1.82) is 0 Å². The van der Waals surface area contributed by atoms with E-state index in [-0.39, 0.29) is 35.8 Å². The average Bonchev–Trinajstić information content (AvgIpc) is 3.40. The lowest BCUT2D eigenvalue weighted by atomic mass is 9.97. The number of nitrogens with zero attached hydrogens (tertiary/aromatic N) is 2. The molecule has 54 heavy (non-hydrogen) atoms. The highest BCUT2D eigenvalue weighted by molar-refractivity contribution is 7.86. The van der Waals surface area contributed by atoms with Gasteiger partial charge in [-0.25, -0.2) is 4.79 Å². The lowest BCUT2D eigenvalue weighted by Crippen LogP contribution is -2.67. The van der Waals surface area contributed by atoms with Crippen LogP contribution in [-0.2, 0) is 24.1 Å². The van der Waals surface area contributed by atoms with Gasteiger partial charge in [0, 0.05) is 23.2 Å². The molecule has 3 aromatic carbocycles. The Balaban J connectivity index is 1.78. The fraction of sp³-hybridized carbons (Fsp3) is 0.415. The second-order valence-corrected chi connectivity index (χ2v) is 21.7. The van der Waals surface area contributed by atoms with Crippen LogP contribution in [0.5, 0.6) is 17.2 Å². The summed E-state index contributed by atoms with van der Waals surface area (Å²) in [5, 5.41) is 1.56. The van der Waals surface area contributed by atoms with E-state index in [0.29, 0.717) is 16.9 Å². The summed E-state index contributed by atoms with van der Waals surface area (Å²) in [5.74, 6) is -0.0876. The van der Waals surface area contributed by atoms with E-state index in [1.54, 1.807) is 33.8 Å². The van der Waals surface area contributed by atoms with Crippen LogP contribution in [0.15, 0.2) is 91.2 Å². The second-order valence-electron chi connectivity index (χ2n) is 15.8. The molecule has 11 nitrogen and oxygen atoms in total. The first kappa shape index (κ1) is 40.6. The Bertz CT molecular complexity index is 2000. The molecule has 2 amide bonds. The summed E-state index contributed by atoms with van der Waals surface area (Å²) >= 11 is 0. The van der Waals surface area contributed by atoms with E-state index < -0.39 is 59.2 Å². The van der Waals surface area contributed by atoms with Gasteiger partial charge in [-0.3, -0.25) is 9.69 Å². The van der Waals surface area contributed by atoms with Crippen molar-refractivity contribution in [3.8, 4) is 17.2 Å². The molecule has 0 unspecified atom stereocenters. The second kappa shape index (κ2) is 14.9. The number of rotatable bonds is 11.